The van der Waals surface area contributed by atoms with Crippen molar-refractivity contribution in [2.75, 3.05) is 26.8 Å². The minimum Gasteiger partial charge on any atom is -0.508 e. The molecule has 0 aromatic heterocycles. The van der Waals surface area contributed by atoms with Crippen molar-refractivity contribution in [1.82, 2.24) is 10.2 Å². The maximum Gasteiger partial charge on any atom is 0.253 e. The Hall–Kier alpha value is -3.22. The van der Waals surface area contributed by atoms with E-state index in [2.05, 4.69) is 5.32 Å². The number of aryl methyl sites for hydroxylation is 1. The van der Waals surface area contributed by atoms with E-state index < -0.39 is 0 Å². The molecule has 3 rings (SSSR count). The molecule has 0 bridgehead atoms. The topological polar surface area (TPSA) is 88.1 Å². The van der Waals surface area contributed by atoms with E-state index in [1.807, 2.05) is 25.1 Å². The van der Waals surface area contributed by atoms with Crippen LogP contribution in [0.25, 0.3) is 0 Å². The molecule has 0 radical (unpaired) electrons. The number of aromatic hydroxyl groups is 1. The highest BCUT2D eigenvalue weighted by Gasteiger charge is 2.24. The van der Waals surface area contributed by atoms with Crippen LogP contribution < -0.4 is 14.8 Å². The third kappa shape index (κ3) is 6.13. The third-order valence-electron chi connectivity index (χ3n) is 5.41. The first-order valence-corrected chi connectivity index (χ1v) is 10.7. The van der Waals surface area contributed by atoms with Crippen LogP contribution in [0.3, 0.4) is 0 Å². The van der Waals surface area contributed by atoms with E-state index in [1.165, 1.54) is 6.07 Å². The number of likely N-dealkylation sites (tertiary alicyclic amines) is 1. The van der Waals surface area contributed by atoms with Crippen molar-refractivity contribution < 1.29 is 24.2 Å². The van der Waals surface area contributed by atoms with E-state index in [9.17, 15) is 14.7 Å². The zero-order valence-corrected chi connectivity index (χ0v) is 18.1. The highest BCUT2D eigenvalue weighted by atomic mass is 16.5. The number of benzene rings is 2. The van der Waals surface area contributed by atoms with Crippen molar-refractivity contribution in [3.8, 4) is 17.2 Å². The number of hydrogen-bond donors (Lipinski definition) is 2. The van der Waals surface area contributed by atoms with E-state index in [0.717, 1.165) is 5.56 Å². The molecular weight excluding hydrogens is 396 g/mol. The fraction of sp³-hybridized carbons (Fsp3) is 0.417. The van der Waals surface area contributed by atoms with Gasteiger partial charge in [-0.1, -0.05) is 12.1 Å². The molecule has 2 amide bonds. The van der Waals surface area contributed by atoms with Crippen LogP contribution >= 0.6 is 0 Å². The number of piperidine rings is 1. The molecule has 0 saturated carbocycles. The summed E-state index contributed by atoms with van der Waals surface area (Å²) in [6.07, 6.45) is 2.43. The van der Waals surface area contributed by atoms with E-state index in [-0.39, 0.29) is 23.6 Å². The Balaban J connectivity index is 1.44. The summed E-state index contributed by atoms with van der Waals surface area (Å²) in [6.45, 7) is 3.64. The number of carbonyl (C=O) groups excluding carboxylic acids is 2. The molecule has 1 fully saturated rings. The molecule has 166 valence electrons. The quantitative estimate of drug-likeness (QED) is 0.677. The van der Waals surface area contributed by atoms with Crippen LogP contribution in [0.1, 0.15) is 42.1 Å². The van der Waals surface area contributed by atoms with Gasteiger partial charge in [0.1, 0.15) is 5.75 Å². The summed E-state index contributed by atoms with van der Waals surface area (Å²) in [5.74, 6) is 1.36. The van der Waals surface area contributed by atoms with Crippen LogP contribution in [-0.4, -0.2) is 54.7 Å². The lowest BCUT2D eigenvalue weighted by Gasteiger charge is -2.32. The molecule has 2 aromatic rings. The van der Waals surface area contributed by atoms with Crippen molar-refractivity contribution in [1.29, 1.82) is 0 Å². The second-order valence-corrected chi connectivity index (χ2v) is 7.60. The van der Waals surface area contributed by atoms with Crippen molar-refractivity contribution in [2.45, 2.75) is 38.6 Å². The van der Waals surface area contributed by atoms with Crippen LogP contribution in [0.4, 0.5) is 0 Å². The van der Waals surface area contributed by atoms with Gasteiger partial charge in [-0.3, -0.25) is 9.59 Å². The van der Waals surface area contributed by atoms with Gasteiger partial charge >= 0.3 is 0 Å². The van der Waals surface area contributed by atoms with Crippen LogP contribution in [0.2, 0.25) is 0 Å². The Morgan fingerprint density at radius 3 is 2.58 bits per heavy atom. The zero-order chi connectivity index (χ0) is 22.2. The first kappa shape index (κ1) is 22.5. The summed E-state index contributed by atoms with van der Waals surface area (Å²) in [5, 5.41) is 12.7. The first-order chi connectivity index (χ1) is 15.0. The SMILES string of the molecule is CCOc1ccc(CCC(=O)NC2CCN(C(=O)c3cccc(O)c3)CC2)cc1OC. The molecule has 1 saturated heterocycles. The van der Waals surface area contributed by atoms with E-state index in [1.54, 1.807) is 30.2 Å². The van der Waals surface area contributed by atoms with Gasteiger partial charge in [0.25, 0.3) is 5.91 Å². The predicted octanol–water partition coefficient (Wildman–Crippen LogP) is 3.15. The molecule has 0 atom stereocenters. The minimum atomic E-state index is -0.0925. The summed E-state index contributed by atoms with van der Waals surface area (Å²) in [5.41, 5.74) is 1.50. The van der Waals surface area contributed by atoms with Gasteiger partial charge < -0.3 is 24.8 Å². The van der Waals surface area contributed by atoms with Gasteiger partial charge in [0, 0.05) is 31.1 Å². The standard InChI is InChI=1S/C24H30N2O5/c1-3-31-21-9-7-17(15-22(21)30-2)8-10-23(28)25-19-11-13-26(14-12-19)24(29)18-5-4-6-20(27)16-18/h4-7,9,15-16,19,27H,3,8,10-14H2,1-2H3,(H,25,28). The average Bonchev–Trinajstić information content (AvgIpc) is 2.78. The Morgan fingerprint density at radius 2 is 1.90 bits per heavy atom. The number of carbonyl (C=O) groups is 2. The Bertz CT molecular complexity index is 907. The molecular formula is C24H30N2O5. The number of rotatable bonds is 8. The minimum absolute atomic E-state index is 0.00519. The van der Waals surface area contributed by atoms with Gasteiger partial charge in [-0.25, -0.2) is 0 Å². The van der Waals surface area contributed by atoms with Crippen molar-refractivity contribution in [2.24, 2.45) is 0 Å². The number of ether oxygens (including phenoxy) is 2. The lowest BCUT2D eigenvalue weighted by atomic mass is 10.0. The van der Waals surface area contributed by atoms with E-state index >= 15 is 0 Å². The molecule has 1 aliphatic rings. The van der Waals surface area contributed by atoms with Gasteiger partial charge in [0.05, 0.1) is 13.7 Å². The number of hydrogen-bond acceptors (Lipinski definition) is 5. The maximum absolute atomic E-state index is 12.6. The Morgan fingerprint density at radius 1 is 1.13 bits per heavy atom. The molecule has 2 N–H and O–H groups in total. The van der Waals surface area contributed by atoms with Crippen LogP contribution in [0.15, 0.2) is 42.5 Å². The molecule has 2 aromatic carbocycles. The Kier molecular flexibility index (Phi) is 7.76. The molecule has 7 nitrogen and oxygen atoms in total. The predicted molar refractivity (Wildman–Crippen MR) is 118 cm³/mol. The average molecular weight is 427 g/mol. The van der Waals surface area contributed by atoms with Gasteiger partial charge in [-0.15, -0.1) is 0 Å². The van der Waals surface area contributed by atoms with Crippen LogP contribution in [0.5, 0.6) is 17.2 Å². The van der Waals surface area contributed by atoms with Crippen molar-refractivity contribution in [3.05, 3.63) is 53.6 Å². The second-order valence-electron chi connectivity index (χ2n) is 7.60. The van der Waals surface area contributed by atoms with Gasteiger partial charge in [-0.2, -0.15) is 0 Å². The van der Waals surface area contributed by atoms with Crippen molar-refractivity contribution in [3.63, 3.8) is 0 Å². The maximum atomic E-state index is 12.6. The molecule has 0 unspecified atom stereocenters. The molecule has 0 aliphatic carbocycles. The second kappa shape index (κ2) is 10.7. The first-order valence-electron chi connectivity index (χ1n) is 10.7. The van der Waals surface area contributed by atoms with E-state index in [0.29, 0.717) is 62.4 Å². The normalized spacial score (nSPS) is 14.2. The summed E-state index contributed by atoms with van der Waals surface area (Å²) >= 11 is 0. The number of phenolic OH excluding ortho intramolecular Hbond substituents is 1. The van der Waals surface area contributed by atoms with Gasteiger partial charge in [-0.05, 0) is 62.1 Å². The highest BCUT2D eigenvalue weighted by Crippen LogP contribution is 2.28. The third-order valence-corrected chi connectivity index (χ3v) is 5.41. The number of nitrogens with zero attached hydrogens (tertiary/aromatic N) is 1. The number of nitrogens with one attached hydrogen (secondary N) is 1. The molecule has 7 heteroatoms. The number of phenols is 1. The summed E-state index contributed by atoms with van der Waals surface area (Å²) in [7, 11) is 1.60. The van der Waals surface area contributed by atoms with Gasteiger partial charge in [0.2, 0.25) is 5.91 Å². The lowest BCUT2D eigenvalue weighted by Crippen LogP contribution is -2.46. The number of amides is 2. The molecule has 0 spiro atoms. The monoisotopic (exact) mass is 426 g/mol. The largest absolute Gasteiger partial charge is 0.508 e. The lowest BCUT2D eigenvalue weighted by molar-refractivity contribution is -0.122. The number of methoxy groups -OCH3 is 1. The van der Waals surface area contributed by atoms with Crippen LogP contribution in [0, 0.1) is 0 Å². The summed E-state index contributed by atoms with van der Waals surface area (Å²) in [4.78, 5) is 26.7. The molecule has 1 aliphatic heterocycles. The molecule has 31 heavy (non-hydrogen) atoms. The highest BCUT2D eigenvalue weighted by molar-refractivity contribution is 5.94. The van der Waals surface area contributed by atoms with Crippen LogP contribution in [-0.2, 0) is 11.2 Å². The smallest absolute Gasteiger partial charge is 0.253 e. The summed E-state index contributed by atoms with van der Waals surface area (Å²) < 4.78 is 10.9. The fourth-order valence-electron chi connectivity index (χ4n) is 3.75. The fourth-order valence-corrected chi connectivity index (χ4v) is 3.75. The van der Waals surface area contributed by atoms with Crippen molar-refractivity contribution >= 4 is 11.8 Å². The Labute approximate surface area is 183 Å². The van der Waals surface area contributed by atoms with Gasteiger partial charge in [0.15, 0.2) is 11.5 Å². The zero-order valence-electron chi connectivity index (χ0n) is 18.1. The van der Waals surface area contributed by atoms with E-state index in [4.69, 9.17) is 9.47 Å². The summed E-state index contributed by atoms with van der Waals surface area (Å²) in [6, 6.07) is 12.2. The molecule has 1 heterocycles.